The first-order valence-electron chi connectivity index (χ1n) is 6.50. The van der Waals surface area contributed by atoms with Crippen LogP contribution in [-0.2, 0) is 16.0 Å². The normalized spacial score (nSPS) is 12.2. The number of ether oxygens (including phenoxy) is 1. The predicted octanol–water partition coefficient (Wildman–Crippen LogP) is 2.46. The maximum atomic E-state index is 11.8. The molecule has 0 aliphatic carbocycles. The standard InChI is InChI=1S/C14H21NO4/c1-5-10(13(16)17)7-11-8(3)12(15-9(11)4)14(18)19-6-2/h10,15H,5-7H2,1-4H3,(H,16,17). The van der Waals surface area contributed by atoms with Crippen molar-refractivity contribution in [1.82, 2.24) is 4.98 Å². The van der Waals surface area contributed by atoms with Crippen molar-refractivity contribution in [3.63, 3.8) is 0 Å². The number of aromatic nitrogens is 1. The number of hydrogen-bond acceptors (Lipinski definition) is 3. The second-order valence-electron chi connectivity index (χ2n) is 4.60. The summed E-state index contributed by atoms with van der Waals surface area (Å²) in [7, 11) is 0. The van der Waals surface area contributed by atoms with Gasteiger partial charge in [0.2, 0.25) is 0 Å². The number of H-pyrrole nitrogens is 1. The average molecular weight is 267 g/mol. The number of esters is 1. The first kappa shape index (κ1) is 15.3. The molecule has 5 heteroatoms. The molecule has 0 aliphatic heterocycles. The molecular formula is C14H21NO4. The van der Waals surface area contributed by atoms with E-state index in [4.69, 9.17) is 9.84 Å². The number of carbonyl (C=O) groups excluding carboxylic acids is 1. The van der Waals surface area contributed by atoms with Crippen LogP contribution in [0.15, 0.2) is 0 Å². The highest BCUT2D eigenvalue weighted by atomic mass is 16.5. The molecule has 5 nitrogen and oxygen atoms in total. The number of carbonyl (C=O) groups is 2. The predicted molar refractivity (Wildman–Crippen MR) is 71.3 cm³/mol. The molecule has 1 aromatic heterocycles. The molecule has 0 aromatic carbocycles. The first-order chi connectivity index (χ1) is 8.92. The summed E-state index contributed by atoms with van der Waals surface area (Å²) in [5.41, 5.74) is 2.95. The molecule has 0 saturated carbocycles. The second-order valence-corrected chi connectivity index (χ2v) is 4.60. The quantitative estimate of drug-likeness (QED) is 0.776. The van der Waals surface area contributed by atoms with Crippen LogP contribution in [-0.4, -0.2) is 28.6 Å². The molecule has 1 heterocycles. The van der Waals surface area contributed by atoms with Crippen LogP contribution in [0, 0.1) is 19.8 Å². The third kappa shape index (κ3) is 3.36. The van der Waals surface area contributed by atoms with E-state index in [1.807, 2.05) is 20.8 Å². The number of aromatic amines is 1. The Hall–Kier alpha value is -1.78. The molecule has 0 radical (unpaired) electrons. The Morgan fingerprint density at radius 3 is 2.42 bits per heavy atom. The lowest BCUT2D eigenvalue weighted by atomic mass is 9.94. The van der Waals surface area contributed by atoms with Crippen LogP contribution >= 0.6 is 0 Å². The minimum Gasteiger partial charge on any atom is -0.481 e. The molecule has 0 saturated heterocycles. The van der Waals surface area contributed by atoms with Gasteiger partial charge in [0.15, 0.2) is 0 Å². The smallest absolute Gasteiger partial charge is 0.355 e. The highest BCUT2D eigenvalue weighted by Gasteiger charge is 2.23. The number of rotatable bonds is 6. The van der Waals surface area contributed by atoms with Gasteiger partial charge in [-0.15, -0.1) is 0 Å². The summed E-state index contributed by atoms with van der Waals surface area (Å²) in [4.78, 5) is 25.8. The third-order valence-corrected chi connectivity index (χ3v) is 3.36. The van der Waals surface area contributed by atoms with Crippen molar-refractivity contribution < 1.29 is 19.4 Å². The van der Waals surface area contributed by atoms with E-state index < -0.39 is 17.9 Å². The summed E-state index contributed by atoms with van der Waals surface area (Å²) >= 11 is 0. The van der Waals surface area contributed by atoms with E-state index in [0.717, 1.165) is 16.8 Å². The van der Waals surface area contributed by atoms with Crippen LogP contribution in [0.3, 0.4) is 0 Å². The molecule has 0 spiro atoms. The molecular weight excluding hydrogens is 246 g/mol. The maximum Gasteiger partial charge on any atom is 0.355 e. The Kier molecular flexibility index (Phi) is 5.15. The van der Waals surface area contributed by atoms with Gasteiger partial charge in [0.05, 0.1) is 12.5 Å². The lowest BCUT2D eigenvalue weighted by Gasteiger charge is -2.10. The van der Waals surface area contributed by atoms with Gasteiger partial charge in [-0.3, -0.25) is 4.79 Å². The SMILES string of the molecule is CCOC(=O)c1[nH]c(C)c(CC(CC)C(=O)O)c1C. The zero-order chi connectivity index (χ0) is 14.6. The first-order valence-corrected chi connectivity index (χ1v) is 6.50. The van der Waals surface area contributed by atoms with Gasteiger partial charge in [-0.1, -0.05) is 6.92 Å². The van der Waals surface area contributed by atoms with Crippen molar-refractivity contribution in [1.29, 1.82) is 0 Å². The van der Waals surface area contributed by atoms with Crippen LogP contribution < -0.4 is 0 Å². The number of hydrogen-bond donors (Lipinski definition) is 2. The van der Waals surface area contributed by atoms with Gasteiger partial charge in [0.25, 0.3) is 0 Å². The molecule has 106 valence electrons. The third-order valence-electron chi connectivity index (χ3n) is 3.36. The van der Waals surface area contributed by atoms with E-state index in [2.05, 4.69) is 4.98 Å². The highest BCUT2D eigenvalue weighted by Crippen LogP contribution is 2.23. The monoisotopic (exact) mass is 267 g/mol. The van der Waals surface area contributed by atoms with Gasteiger partial charge in [0, 0.05) is 5.69 Å². The van der Waals surface area contributed by atoms with Crippen molar-refractivity contribution in [2.45, 2.75) is 40.5 Å². The number of aliphatic carboxylic acids is 1. The van der Waals surface area contributed by atoms with E-state index in [-0.39, 0.29) is 0 Å². The average Bonchev–Trinajstić information content (AvgIpc) is 2.62. The lowest BCUT2D eigenvalue weighted by Crippen LogP contribution is -2.16. The Morgan fingerprint density at radius 2 is 1.95 bits per heavy atom. The lowest BCUT2D eigenvalue weighted by molar-refractivity contribution is -0.141. The zero-order valence-electron chi connectivity index (χ0n) is 11.9. The van der Waals surface area contributed by atoms with E-state index in [1.165, 1.54) is 0 Å². The van der Waals surface area contributed by atoms with E-state index in [9.17, 15) is 9.59 Å². The number of carboxylic acid groups (broad SMARTS) is 1. The maximum absolute atomic E-state index is 11.8. The van der Waals surface area contributed by atoms with Crippen molar-refractivity contribution in [2.75, 3.05) is 6.61 Å². The van der Waals surface area contributed by atoms with Gasteiger partial charge >= 0.3 is 11.9 Å². The summed E-state index contributed by atoms with van der Waals surface area (Å²) in [6.45, 7) is 7.58. The Bertz CT molecular complexity index is 476. The molecule has 1 atom stereocenters. The molecule has 1 rings (SSSR count). The highest BCUT2D eigenvalue weighted by molar-refractivity contribution is 5.89. The summed E-state index contributed by atoms with van der Waals surface area (Å²) in [6.07, 6.45) is 0.994. The number of carboxylic acids is 1. The molecule has 2 N–H and O–H groups in total. The molecule has 1 unspecified atom stereocenters. The Labute approximate surface area is 113 Å². The van der Waals surface area contributed by atoms with Gasteiger partial charge < -0.3 is 14.8 Å². The van der Waals surface area contributed by atoms with Crippen LogP contribution in [0.5, 0.6) is 0 Å². The molecule has 0 fully saturated rings. The topological polar surface area (TPSA) is 79.4 Å². The van der Waals surface area contributed by atoms with Gasteiger partial charge in [-0.05, 0) is 44.7 Å². The van der Waals surface area contributed by atoms with Crippen LogP contribution in [0.25, 0.3) is 0 Å². The minimum absolute atomic E-state index is 0.318. The van der Waals surface area contributed by atoms with Crippen molar-refractivity contribution in [3.05, 3.63) is 22.5 Å². The molecule has 1 aromatic rings. The fourth-order valence-corrected chi connectivity index (χ4v) is 2.16. The number of aryl methyl sites for hydroxylation is 1. The van der Waals surface area contributed by atoms with Crippen LogP contribution in [0.1, 0.15) is 47.6 Å². The van der Waals surface area contributed by atoms with E-state index in [0.29, 0.717) is 25.1 Å². The van der Waals surface area contributed by atoms with Gasteiger partial charge in [-0.2, -0.15) is 0 Å². The van der Waals surface area contributed by atoms with E-state index >= 15 is 0 Å². The Balaban J connectivity index is 3.03. The summed E-state index contributed by atoms with van der Waals surface area (Å²) < 4.78 is 4.97. The molecule has 0 amide bonds. The van der Waals surface area contributed by atoms with Gasteiger partial charge in [-0.25, -0.2) is 4.79 Å². The zero-order valence-corrected chi connectivity index (χ0v) is 11.9. The van der Waals surface area contributed by atoms with Gasteiger partial charge in [0.1, 0.15) is 5.69 Å². The molecule has 0 bridgehead atoms. The van der Waals surface area contributed by atoms with E-state index in [1.54, 1.807) is 6.92 Å². The van der Waals surface area contributed by atoms with Crippen molar-refractivity contribution >= 4 is 11.9 Å². The largest absolute Gasteiger partial charge is 0.481 e. The fourth-order valence-electron chi connectivity index (χ4n) is 2.16. The van der Waals surface area contributed by atoms with Crippen molar-refractivity contribution in [3.8, 4) is 0 Å². The van der Waals surface area contributed by atoms with Crippen LogP contribution in [0.2, 0.25) is 0 Å². The van der Waals surface area contributed by atoms with Crippen molar-refractivity contribution in [2.24, 2.45) is 5.92 Å². The van der Waals surface area contributed by atoms with Crippen LogP contribution in [0.4, 0.5) is 0 Å². The number of nitrogens with one attached hydrogen (secondary N) is 1. The second kappa shape index (κ2) is 6.41. The molecule has 0 aliphatic rings. The fraction of sp³-hybridized carbons (Fsp3) is 0.571. The minimum atomic E-state index is -0.805. The summed E-state index contributed by atoms with van der Waals surface area (Å²) in [5.74, 6) is -1.62. The summed E-state index contributed by atoms with van der Waals surface area (Å²) in [6, 6.07) is 0. The Morgan fingerprint density at radius 1 is 1.32 bits per heavy atom. The summed E-state index contributed by atoms with van der Waals surface area (Å²) in [5, 5.41) is 9.11. The molecule has 19 heavy (non-hydrogen) atoms.